The highest BCUT2D eigenvalue weighted by Gasteiger charge is 2.36. The minimum Gasteiger partial charge on any atom is -0.404 e. The van der Waals surface area contributed by atoms with E-state index in [1.165, 1.54) is 66.4 Å². The van der Waals surface area contributed by atoms with Crippen molar-refractivity contribution >= 4 is 24.2 Å². The summed E-state index contributed by atoms with van der Waals surface area (Å²) in [6, 6.07) is 13.5. The largest absolute Gasteiger partial charge is 0.404 e. The van der Waals surface area contributed by atoms with Gasteiger partial charge in [0, 0.05) is 17.8 Å². The number of pyridine rings is 1. The van der Waals surface area contributed by atoms with Crippen molar-refractivity contribution in [2.24, 2.45) is 13.0 Å². The number of allylic oxidation sites excluding steroid dienone is 1. The first-order valence-electron chi connectivity index (χ1n) is 10.1. The van der Waals surface area contributed by atoms with Gasteiger partial charge in [0.25, 0.3) is 0 Å². The molecular formula is C23H30BN2+. The van der Waals surface area contributed by atoms with Gasteiger partial charge in [0.05, 0.1) is 0 Å². The van der Waals surface area contributed by atoms with Crippen LogP contribution in [0.15, 0.2) is 48.1 Å². The molecule has 0 N–H and O–H groups in total. The number of aryl methyl sites for hydroxylation is 1. The van der Waals surface area contributed by atoms with Crippen LogP contribution in [0.1, 0.15) is 50.2 Å². The molecule has 26 heavy (non-hydrogen) atoms. The van der Waals surface area contributed by atoms with E-state index in [1.54, 1.807) is 0 Å². The second-order valence-electron chi connectivity index (χ2n) is 8.24. The summed E-state index contributed by atoms with van der Waals surface area (Å²) < 4.78 is 2.30. The fraction of sp³-hybridized carbons (Fsp3) is 0.435. The first kappa shape index (κ1) is 17.4. The molecular weight excluding hydrogens is 315 g/mol. The second-order valence-corrected chi connectivity index (χ2v) is 8.24. The zero-order valence-electron chi connectivity index (χ0n) is 16.4. The van der Waals surface area contributed by atoms with Gasteiger partial charge in [-0.3, -0.25) is 0 Å². The molecule has 1 aliphatic heterocycles. The zero-order valence-corrected chi connectivity index (χ0v) is 16.4. The van der Waals surface area contributed by atoms with E-state index < -0.39 is 0 Å². The van der Waals surface area contributed by atoms with E-state index in [4.69, 9.17) is 0 Å². The molecule has 0 amide bonds. The van der Waals surface area contributed by atoms with Crippen LogP contribution >= 0.6 is 0 Å². The lowest BCUT2D eigenvalue weighted by atomic mass is 9.49. The van der Waals surface area contributed by atoms with Gasteiger partial charge < -0.3 is 4.81 Å². The molecule has 0 unspecified atom stereocenters. The first-order valence-corrected chi connectivity index (χ1v) is 10.1. The Labute approximate surface area is 158 Å². The number of hydrogen-bond acceptors (Lipinski definition) is 1. The third kappa shape index (κ3) is 3.32. The predicted octanol–water partition coefficient (Wildman–Crippen LogP) is 3.92. The molecule has 2 heterocycles. The maximum Gasteiger partial charge on any atom is 0.399 e. The molecule has 0 atom stereocenters. The van der Waals surface area contributed by atoms with E-state index in [-0.39, 0.29) is 0 Å². The SMILES string of the molecule is CC1=Cc2ccccc2N(C)B1c1cc(CC2CCCCC2)cc[n+]1C. The van der Waals surface area contributed by atoms with Crippen molar-refractivity contribution in [3.05, 3.63) is 59.2 Å². The Bertz CT molecular complexity index is 821. The minimum absolute atomic E-state index is 0.307. The van der Waals surface area contributed by atoms with Gasteiger partial charge in [-0.25, -0.2) is 4.57 Å². The van der Waals surface area contributed by atoms with Gasteiger partial charge in [-0.15, -0.1) is 0 Å². The maximum atomic E-state index is 2.46. The van der Waals surface area contributed by atoms with Crippen molar-refractivity contribution in [2.45, 2.75) is 45.4 Å². The lowest BCUT2D eigenvalue weighted by Crippen LogP contribution is -2.62. The monoisotopic (exact) mass is 345 g/mol. The van der Waals surface area contributed by atoms with E-state index in [9.17, 15) is 0 Å². The van der Waals surface area contributed by atoms with Crippen LogP contribution < -0.4 is 15.0 Å². The Hall–Kier alpha value is -2.03. The lowest BCUT2D eigenvalue weighted by Gasteiger charge is -2.31. The van der Waals surface area contributed by atoms with Crippen molar-refractivity contribution in [3.63, 3.8) is 0 Å². The van der Waals surface area contributed by atoms with Crippen molar-refractivity contribution in [3.8, 4) is 0 Å². The van der Waals surface area contributed by atoms with E-state index in [2.05, 4.69) is 79.1 Å². The van der Waals surface area contributed by atoms with Crippen molar-refractivity contribution in [1.82, 2.24) is 0 Å². The fourth-order valence-electron chi connectivity index (χ4n) is 4.89. The number of hydrogen-bond donors (Lipinski definition) is 0. The number of benzene rings is 1. The van der Waals surface area contributed by atoms with Gasteiger partial charge >= 0.3 is 6.85 Å². The maximum absolute atomic E-state index is 2.46. The van der Waals surface area contributed by atoms with Crippen LogP contribution in [0, 0.1) is 5.92 Å². The quantitative estimate of drug-likeness (QED) is 0.604. The molecule has 1 saturated carbocycles. The molecule has 2 nitrogen and oxygen atoms in total. The molecule has 0 saturated heterocycles. The van der Waals surface area contributed by atoms with Crippen molar-refractivity contribution in [1.29, 1.82) is 0 Å². The highest BCUT2D eigenvalue weighted by molar-refractivity contribution is 6.82. The van der Waals surface area contributed by atoms with Gasteiger partial charge in [-0.1, -0.05) is 61.9 Å². The van der Waals surface area contributed by atoms with Crippen LogP contribution in [0.4, 0.5) is 5.69 Å². The summed E-state index contributed by atoms with van der Waals surface area (Å²) >= 11 is 0. The highest BCUT2D eigenvalue weighted by Crippen LogP contribution is 2.30. The van der Waals surface area contributed by atoms with Crippen molar-refractivity contribution < 1.29 is 4.57 Å². The molecule has 1 aromatic carbocycles. The van der Waals surface area contributed by atoms with Gasteiger partial charge in [0.15, 0.2) is 11.8 Å². The topological polar surface area (TPSA) is 7.12 Å². The van der Waals surface area contributed by atoms with Crippen LogP contribution in [0.25, 0.3) is 6.08 Å². The van der Waals surface area contributed by atoms with Crippen LogP contribution in [-0.2, 0) is 13.5 Å². The molecule has 1 fully saturated rings. The predicted molar refractivity (Wildman–Crippen MR) is 112 cm³/mol. The van der Waals surface area contributed by atoms with Crippen LogP contribution in [0.5, 0.6) is 0 Å². The van der Waals surface area contributed by atoms with Gasteiger partial charge in [-0.05, 0) is 43.5 Å². The summed E-state index contributed by atoms with van der Waals surface area (Å²) in [5, 5.41) is 0. The first-order chi connectivity index (χ1) is 12.6. The zero-order chi connectivity index (χ0) is 18.1. The Kier molecular flexibility index (Phi) is 4.89. The average molecular weight is 345 g/mol. The van der Waals surface area contributed by atoms with Crippen LogP contribution in [0.2, 0.25) is 0 Å². The van der Waals surface area contributed by atoms with E-state index in [0.717, 1.165) is 5.92 Å². The molecule has 2 aliphatic rings. The number of anilines is 1. The summed E-state index contributed by atoms with van der Waals surface area (Å²) in [4.78, 5) is 2.43. The molecule has 0 bridgehead atoms. The fourth-order valence-corrected chi connectivity index (χ4v) is 4.89. The van der Waals surface area contributed by atoms with Crippen LogP contribution in [-0.4, -0.2) is 13.9 Å². The van der Waals surface area contributed by atoms with Gasteiger partial charge in [0.1, 0.15) is 7.05 Å². The second kappa shape index (κ2) is 7.30. The molecule has 134 valence electrons. The third-order valence-electron chi connectivity index (χ3n) is 6.30. The molecule has 1 aliphatic carbocycles. The van der Waals surface area contributed by atoms with Crippen LogP contribution in [0.3, 0.4) is 0 Å². The number of para-hydroxylation sites is 1. The van der Waals surface area contributed by atoms with Crippen molar-refractivity contribution in [2.75, 3.05) is 11.9 Å². The molecule has 3 heteroatoms. The summed E-state index contributed by atoms with van der Waals surface area (Å²) in [7, 11) is 4.41. The smallest absolute Gasteiger partial charge is 0.399 e. The van der Waals surface area contributed by atoms with E-state index >= 15 is 0 Å². The summed E-state index contributed by atoms with van der Waals surface area (Å²) in [5.74, 6) is 0.880. The van der Waals surface area contributed by atoms with Gasteiger partial charge in [0.2, 0.25) is 0 Å². The van der Waals surface area contributed by atoms with E-state index in [1.807, 2.05) is 0 Å². The minimum atomic E-state index is 0.307. The highest BCUT2D eigenvalue weighted by atomic mass is 15.1. The molecule has 2 aromatic rings. The Morgan fingerprint density at radius 1 is 1.12 bits per heavy atom. The number of rotatable bonds is 3. The standard InChI is InChI=1S/C23H30BN2/c1-18-15-21-11-7-8-12-22(21)26(3)24(18)23-17-20(13-14-25(23)2)16-19-9-5-4-6-10-19/h7-8,11-15,17,19H,4-6,9-10,16H2,1-3H3/q+1. The van der Waals surface area contributed by atoms with E-state index in [0.29, 0.717) is 6.85 Å². The Morgan fingerprint density at radius 3 is 2.69 bits per heavy atom. The third-order valence-corrected chi connectivity index (χ3v) is 6.30. The Morgan fingerprint density at radius 2 is 1.88 bits per heavy atom. The molecule has 0 spiro atoms. The Balaban J connectivity index is 1.65. The number of aromatic nitrogens is 1. The lowest BCUT2D eigenvalue weighted by molar-refractivity contribution is -0.654. The summed E-state index contributed by atoms with van der Waals surface area (Å²) in [6.45, 7) is 2.58. The normalized spacial score (nSPS) is 17.9. The molecule has 4 rings (SSSR count). The van der Waals surface area contributed by atoms with Gasteiger partial charge in [-0.2, -0.15) is 0 Å². The number of nitrogens with zero attached hydrogens (tertiary/aromatic N) is 2. The number of fused-ring (bicyclic) bond motifs is 1. The molecule has 0 radical (unpaired) electrons. The molecule has 1 aromatic heterocycles. The summed E-state index contributed by atoms with van der Waals surface area (Å²) in [5.41, 5.74) is 6.95. The average Bonchev–Trinajstić information content (AvgIpc) is 2.65. The summed E-state index contributed by atoms with van der Waals surface area (Å²) in [6.07, 6.45) is 12.9.